The molecular formula is C21H21N5O5. The quantitative estimate of drug-likeness (QED) is 0.335. The summed E-state index contributed by atoms with van der Waals surface area (Å²) in [4.78, 5) is 31.4. The molecule has 1 aromatic heterocycles. The summed E-state index contributed by atoms with van der Waals surface area (Å²) in [5.41, 5.74) is 1.57. The van der Waals surface area contributed by atoms with Crippen molar-refractivity contribution in [2.75, 3.05) is 38.2 Å². The van der Waals surface area contributed by atoms with Gasteiger partial charge in [0, 0.05) is 43.9 Å². The lowest BCUT2D eigenvalue weighted by Gasteiger charge is -2.36. The Labute approximate surface area is 178 Å². The first kappa shape index (κ1) is 20.5. The number of hydrogen-bond donors (Lipinski definition) is 0. The van der Waals surface area contributed by atoms with Crippen LogP contribution in [0.1, 0.15) is 16.2 Å². The van der Waals surface area contributed by atoms with Crippen LogP contribution in [0.25, 0.3) is 11.4 Å². The topological polar surface area (TPSA) is 115 Å². The number of methoxy groups -OCH3 is 1. The lowest BCUT2D eigenvalue weighted by Crippen LogP contribution is -2.46. The summed E-state index contributed by atoms with van der Waals surface area (Å²) in [5.74, 6) is 0.501. The van der Waals surface area contributed by atoms with Crippen molar-refractivity contribution >= 4 is 17.3 Å². The molecule has 1 aliphatic heterocycles. The monoisotopic (exact) mass is 423 g/mol. The van der Waals surface area contributed by atoms with Gasteiger partial charge in [0.1, 0.15) is 0 Å². The Kier molecular flexibility index (Phi) is 5.89. The fourth-order valence-corrected chi connectivity index (χ4v) is 3.55. The number of nitro groups is 1. The standard InChI is InChI=1S/C21H21N5O5/c1-30-21(27)17-13-16(26(28)29)7-8-18(17)25-11-9-24(10-12-25)14-19-22-20(23-31-19)15-5-3-2-4-6-15/h2-8,13H,9-12,14H2,1H3. The van der Waals surface area contributed by atoms with Gasteiger partial charge in [-0.1, -0.05) is 35.5 Å². The molecule has 2 heterocycles. The molecule has 10 heteroatoms. The fourth-order valence-electron chi connectivity index (χ4n) is 3.55. The third kappa shape index (κ3) is 4.53. The zero-order valence-electron chi connectivity index (χ0n) is 16.9. The predicted molar refractivity (Wildman–Crippen MR) is 112 cm³/mol. The summed E-state index contributed by atoms with van der Waals surface area (Å²) < 4.78 is 10.2. The highest BCUT2D eigenvalue weighted by atomic mass is 16.6. The molecule has 0 spiro atoms. The normalized spacial score (nSPS) is 14.4. The number of piperazine rings is 1. The van der Waals surface area contributed by atoms with Gasteiger partial charge < -0.3 is 14.2 Å². The number of aromatic nitrogens is 2. The largest absolute Gasteiger partial charge is 0.465 e. The van der Waals surface area contributed by atoms with Crippen LogP contribution in [0.2, 0.25) is 0 Å². The number of hydrogen-bond acceptors (Lipinski definition) is 9. The molecule has 0 radical (unpaired) electrons. The molecule has 31 heavy (non-hydrogen) atoms. The molecule has 0 amide bonds. The second-order valence-corrected chi connectivity index (χ2v) is 7.09. The number of carbonyl (C=O) groups excluding carboxylic acids is 1. The minimum absolute atomic E-state index is 0.145. The molecule has 0 N–H and O–H groups in total. The molecule has 160 valence electrons. The van der Waals surface area contributed by atoms with Crippen LogP contribution in [0.3, 0.4) is 0 Å². The van der Waals surface area contributed by atoms with Gasteiger partial charge in [0.05, 0.1) is 29.8 Å². The first-order chi connectivity index (χ1) is 15.0. The van der Waals surface area contributed by atoms with E-state index in [4.69, 9.17) is 9.26 Å². The summed E-state index contributed by atoms with van der Waals surface area (Å²) in [7, 11) is 1.26. The Morgan fingerprint density at radius 3 is 2.58 bits per heavy atom. The summed E-state index contributed by atoms with van der Waals surface area (Å²) in [5, 5.41) is 15.1. The van der Waals surface area contributed by atoms with Crippen LogP contribution in [0.4, 0.5) is 11.4 Å². The molecule has 1 saturated heterocycles. The highest BCUT2D eigenvalue weighted by Crippen LogP contribution is 2.27. The zero-order valence-corrected chi connectivity index (χ0v) is 16.9. The van der Waals surface area contributed by atoms with Gasteiger partial charge in [-0.15, -0.1) is 0 Å². The molecular weight excluding hydrogens is 402 g/mol. The smallest absolute Gasteiger partial charge is 0.340 e. The van der Waals surface area contributed by atoms with Crippen molar-refractivity contribution in [2.45, 2.75) is 6.54 Å². The lowest BCUT2D eigenvalue weighted by atomic mass is 10.1. The van der Waals surface area contributed by atoms with E-state index < -0.39 is 10.9 Å². The zero-order chi connectivity index (χ0) is 21.8. The Balaban J connectivity index is 1.42. The average molecular weight is 423 g/mol. The van der Waals surface area contributed by atoms with Gasteiger partial charge in [0.15, 0.2) is 0 Å². The lowest BCUT2D eigenvalue weighted by molar-refractivity contribution is -0.384. The first-order valence-electron chi connectivity index (χ1n) is 9.77. The minimum Gasteiger partial charge on any atom is -0.465 e. The second-order valence-electron chi connectivity index (χ2n) is 7.09. The Bertz CT molecular complexity index is 1080. The van der Waals surface area contributed by atoms with Gasteiger partial charge in [-0.2, -0.15) is 4.98 Å². The van der Waals surface area contributed by atoms with E-state index in [9.17, 15) is 14.9 Å². The van der Waals surface area contributed by atoms with E-state index in [2.05, 4.69) is 15.0 Å². The average Bonchev–Trinajstić information content (AvgIpc) is 3.28. The SMILES string of the molecule is COC(=O)c1cc([N+](=O)[O-])ccc1N1CCN(Cc2nc(-c3ccccc3)no2)CC1. The Hall–Kier alpha value is -3.79. The third-order valence-corrected chi connectivity index (χ3v) is 5.17. The number of anilines is 1. The van der Waals surface area contributed by atoms with E-state index in [0.29, 0.717) is 50.1 Å². The number of ether oxygens (including phenoxy) is 1. The molecule has 0 unspecified atom stereocenters. The Morgan fingerprint density at radius 2 is 1.90 bits per heavy atom. The van der Waals surface area contributed by atoms with Crippen molar-refractivity contribution in [3.05, 3.63) is 70.1 Å². The second kappa shape index (κ2) is 8.92. The van der Waals surface area contributed by atoms with Gasteiger partial charge >= 0.3 is 5.97 Å². The van der Waals surface area contributed by atoms with Crippen LogP contribution in [0.5, 0.6) is 0 Å². The molecule has 1 fully saturated rings. The van der Waals surface area contributed by atoms with E-state index >= 15 is 0 Å². The van der Waals surface area contributed by atoms with Crippen molar-refractivity contribution in [2.24, 2.45) is 0 Å². The molecule has 0 bridgehead atoms. The van der Waals surface area contributed by atoms with Gasteiger partial charge in [0.25, 0.3) is 5.69 Å². The highest BCUT2D eigenvalue weighted by molar-refractivity contribution is 5.96. The molecule has 1 aliphatic rings. The number of benzene rings is 2. The van der Waals surface area contributed by atoms with Crippen molar-refractivity contribution < 1.29 is 19.0 Å². The van der Waals surface area contributed by atoms with Crippen LogP contribution in [-0.2, 0) is 11.3 Å². The van der Waals surface area contributed by atoms with Crippen molar-refractivity contribution in [1.29, 1.82) is 0 Å². The first-order valence-corrected chi connectivity index (χ1v) is 9.77. The van der Waals surface area contributed by atoms with Crippen molar-refractivity contribution in [1.82, 2.24) is 15.0 Å². The molecule has 3 aromatic rings. The summed E-state index contributed by atoms with van der Waals surface area (Å²) in [6, 6.07) is 13.9. The van der Waals surface area contributed by atoms with E-state index in [-0.39, 0.29) is 11.3 Å². The van der Waals surface area contributed by atoms with E-state index in [0.717, 1.165) is 5.56 Å². The summed E-state index contributed by atoms with van der Waals surface area (Å²) in [6.07, 6.45) is 0. The van der Waals surface area contributed by atoms with Crippen LogP contribution >= 0.6 is 0 Å². The minimum atomic E-state index is -0.597. The molecule has 0 saturated carbocycles. The van der Waals surface area contributed by atoms with Gasteiger partial charge in [-0.3, -0.25) is 15.0 Å². The highest BCUT2D eigenvalue weighted by Gasteiger charge is 2.25. The van der Waals surface area contributed by atoms with Crippen LogP contribution in [0, 0.1) is 10.1 Å². The predicted octanol–water partition coefficient (Wildman–Crippen LogP) is 2.75. The molecule has 0 atom stereocenters. The fraction of sp³-hybridized carbons (Fsp3) is 0.286. The number of nitro benzene ring substituents is 1. The van der Waals surface area contributed by atoms with Crippen LogP contribution in [0.15, 0.2) is 53.1 Å². The number of non-ortho nitro benzene ring substituents is 1. The maximum Gasteiger partial charge on any atom is 0.340 e. The number of esters is 1. The summed E-state index contributed by atoms with van der Waals surface area (Å²) in [6.45, 7) is 3.22. The number of nitrogens with zero attached hydrogens (tertiary/aromatic N) is 5. The van der Waals surface area contributed by atoms with Gasteiger partial charge in [0.2, 0.25) is 11.7 Å². The maximum atomic E-state index is 12.2. The molecule has 4 rings (SSSR count). The van der Waals surface area contributed by atoms with Gasteiger partial charge in [-0.25, -0.2) is 4.79 Å². The third-order valence-electron chi connectivity index (χ3n) is 5.17. The molecule has 10 nitrogen and oxygen atoms in total. The molecule has 2 aromatic carbocycles. The summed E-state index contributed by atoms with van der Waals surface area (Å²) >= 11 is 0. The maximum absolute atomic E-state index is 12.2. The van der Waals surface area contributed by atoms with E-state index in [1.165, 1.54) is 19.2 Å². The number of carbonyl (C=O) groups is 1. The van der Waals surface area contributed by atoms with Gasteiger partial charge in [-0.05, 0) is 6.07 Å². The van der Waals surface area contributed by atoms with Crippen LogP contribution < -0.4 is 4.90 Å². The van der Waals surface area contributed by atoms with E-state index in [1.807, 2.05) is 35.2 Å². The number of rotatable bonds is 6. The molecule has 0 aliphatic carbocycles. The van der Waals surface area contributed by atoms with E-state index in [1.54, 1.807) is 6.07 Å². The van der Waals surface area contributed by atoms with Crippen LogP contribution in [-0.4, -0.2) is 59.2 Å². The van der Waals surface area contributed by atoms with Crippen molar-refractivity contribution in [3.63, 3.8) is 0 Å². The van der Waals surface area contributed by atoms with Crippen molar-refractivity contribution in [3.8, 4) is 11.4 Å². The Morgan fingerprint density at radius 1 is 1.16 bits per heavy atom.